The van der Waals surface area contributed by atoms with Crippen molar-refractivity contribution in [3.05, 3.63) is 74.7 Å². The molecule has 1 aromatic heterocycles. The number of aromatic nitrogens is 2. The largest absolute Gasteiger partial charge is 0.495 e. The number of hydrogen-bond donors (Lipinski definition) is 2. The molecule has 0 aliphatic rings. The van der Waals surface area contributed by atoms with Crippen molar-refractivity contribution in [2.24, 2.45) is 0 Å². The quantitative estimate of drug-likeness (QED) is 0.515. The van der Waals surface area contributed by atoms with E-state index < -0.39 is 29.8 Å². The van der Waals surface area contributed by atoms with Gasteiger partial charge in [0.2, 0.25) is 5.91 Å². The number of amides is 1. The summed E-state index contributed by atoms with van der Waals surface area (Å²) in [5.41, 5.74) is -0.431. The lowest BCUT2D eigenvalue weighted by molar-refractivity contribution is -0.137. The molecule has 180 valence electrons. The van der Waals surface area contributed by atoms with Crippen LogP contribution >= 0.6 is 11.6 Å². The van der Waals surface area contributed by atoms with Gasteiger partial charge in [0.25, 0.3) is 5.56 Å². The Labute approximate surface area is 197 Å². The normalized spacial score (nSPS) is 11.4. The van der Waals surface area contributed by atoms with Crippen molar-refractivity contribution in [1.29, 1.82) is 0 Å². The Bertz CT molecular complexity index is 1260. The molecule has 7 nitrogen and oxygen atoms in total. The van der Waals surface area contributed by atoms with Crippen molar-refractivity contribution in [2.45, 2.75) is 26.1 Å². The second-order valence-corrected chi connectivity index (χ2v) is 7.77. The van der Waals surface area contributed by atoms with Gasteiger partial charge in [-0.25, -0.2) is 4.98 Å². The van der Waals surface area contributed by atoms with Crippen molar-refractivity contribution in [3.63, 3.8) is 0 Å². The average molecular weight is 496 g/mol. The smallest absolute Gasteiger partial charge is 0.416 e. The van der Waals surface area contributed by atoms with Gasteiger partial charge < -0.3 is 15.2 Å². The molecule has 34 heavy (non-hydrogen) atoms. The Kier molecular flexibility index (Phi) is 7.63. The number of nitrogens with zero attached hydrogens (tertiary/aromatic N) is 2. The third kappa shape index (κ3) is 5.57. The maximum atomic E-state index is 13.2. The monoisotopic (exact) mass is 495 g/mol. The number of aryl methyl sites for hydroxylation is 1. The molecule has 0 atom stereocenters. The van der Waals surface area contributed by atoms with Crippen LogP contribution in [-0.4, -0.2) is 34.3 Å². The van der Waals surface area contributed by atoms with E-state index in [9.17, 15) is 27.9 Å². The first-order valence-corrected chi connectivity index (χ1v) is 10.4. The van der Waals surface area contributed by atoms with Gasteiger partial charge in [-0.2, -0.15) is 13.2 Å². The van der Waals surface area contributed by atoms with Crippen LogP contribution < -0.4 is 15.6 Å². The second kappa shape index (κ2) is 10.3. The number of carbonyl (C=O) groups excluding carboxylic acids is 1. The van der Waals surface area contributed by atoms with Crippen LogP contribution in [0.5, 0.6) is 5.75 Å². The zero-order valence-corrected chi connectivity index (χ0v) is 19.0. The first kappa shape index (κ1) is 25.3. The summed E-state index contributed by atoms with van der Waals surface area (Å²) in [5.74, 6) is -0.251. The van der Waals surface area contributed by atoms with Crippen LogP contribution in [0.3, 0.4) is 0 Å². The fourth-order valence-electron chi connectivity index (χ4n) is 3.39. The number of nitrogens with one attached hydrogen (secondary N) is 1. The van der Waals surface area contributed by atoms with Gasteiger partial charge in [-0.3, -0.25) is 14.2 Å². The van der Waals surface area contributed by atoms with Crippen LogP contribution in [0, 0.1) is 6.92 Å². The minimum absolute atomic E-state index is 0.00862. The van der Waals surface area contributed by atoms with Crippen molar-refractivity contribution in [2.75, 3.05) is 19.0 Å². The molecule has 0 fully saturated rings. The highest BCUT2D eigenvalue weighted by Crippen LogP contribution is 2.31. The Morgan fingerprint density at radius 3 is 2.47 bits per heavy atom. The average Bonchev–Trinajstić information content (AvgIpc) is 2.78. The summed E-state index contributed by atoms with van der Waals surface area (Å²) in [4.78, 5) is 30.4. The lowest BCUT2D eigenvalue weighted by atomic mass is 10.1. The fourth-order valence-corrected chi connectivity index (χ4v) is 3.56. The Morgan fingerprint density at radius 2 is 1.88 bits per heavy atom. The molecule has 0 bridgehead atoms. The van der Waals surface area contributed by atoms with Gasteiger partial charge in [0.1, 0.15) is 18.1 Å². The predicted octanol–water partition coefficient (Wildman–Crippen LogP) is 4.07. The van der Waals surface area contributed by atoms with Crippen LogP contribution in [0.1, 0.15) is 16.8 Å². The molecular formula is C23H21ClF3N3O4. The molecule has 2 N–H and O–H groups in total. The lowest BCUT2D eigenvalue weighted by Crippen LogP contribution is -2.33. The number of carbonyl (C=O) groups is 1. The van der Waals surface area contributed by atoms with Gasteiger partial charge in [-0.1, -0.05) is 23.7 Å². The molecule has 3 rings (SSSR count). The molecule has 3 aromatic rings. The number of methoxy groups -OCH3 is 1. The molecule has 0 aliphatic carbocycles. The van der Waals surface area contributed by atoms with Gasteiger partial charge in [0.05, 0.1) is 18.4 Å². The predicted molar refractivity (Wildman–Crippen MR) is 121 cm³/mol. The van der Waals surface area contributed by atoms with Crippen LogP contribution in [0.15, 0.2) is 47.3 Å². The molecule has 11 heteroatoms. The summed E-state index contributed by atoms with van der Waals surface area (Å²) in [5, 5.41) is 12.3. The van der Waals surface area contributed by atoms with Gasteiger partial charge in [-0.05, 0) is 37.3 Å². The van der Waals surface area contributed by atoms with E-state index in [4.69, 9.17) is 16.3 Å². The number of aliphatic hydroxyl groups is 1. The lowest BCUT2D eigenvalue weighted by Gasteiger charge is -2.17. The van der Waals surface area contributed by atoms with Gasteiger partial charge >= 0.3 is 6.18 Å². The third-order valence-corrected chi connectivity index (χ3v) is 5.27. The van der Waals surface area contributed by atoms with Crippen LogP contribution in [0.4, 0.5) is 18.9 Å². The maximum absolute atomic E-state index is 13.2. The van der Waals surface area contributed by atoms with E-state index >= 15 is 0 Å². The third-order valence-electron chi connectivity index (χ3n) is 5.04. The highest BCUT2D eigenvalue weighted by molar-refractivity contribution is 6.31. The van der Waals surface area contributed by atoms with E-state index in [2.05, 4.69) is 10.3 Å². The van der Waals surface area contributed by atoms with E-state index in [1.54, 1.807) is 19.1 Å². The SMILES string of the molecule is COc1ccc(Cl)cc1NC(=O)Cn1c(-c2ccc(C(F)(F)F)cc2)nc(C)c(CCO)c1=O. The highest BCUT2D eigenvalue weighted by atomic mass is 35.5. The maximum Gasteiger partial charge on any atom is 0.416 e. The number of alkyl halides is 3. The summed E-state index contributed by atoms with van der Waals surface area (Å²) in [6.07, 6.45) is -4.52. The van der Waals surface area contributed by atoms with E-state index in [-0.39, 0.29) is 35.7 Å². The number of benzene rings is 2. The molecule has 0 radical (unpaired) electrons. The Hall–Kier alpha value is -3.37. The minimum Gasteiger partial charge on any atom is -0.495 e. The van der Waals surface area contributed by atoms with E-state index in [0.717, 1.165) is 16.7 Å². The molecule has 0 spiro atoms. The topological polar surface area (TPSA) is 93.4 Å². The van der Waals surface area contributed by atoms with Crippen molar-refractivity contribution in [1.82, 2.24) is 9.55 Å². The van der Waals surface area contributed by atoms with E-state index in [1.807, 2.05) is 0 Å². The molecule has 2 aromatic carbocycles. The number of rotatable bonds is 7. The zero-order valence-electron chi connectivity index (χ0n) is 18.2. The van der Waals surface area contributed by atoms with Gasteiger partial charge in [0.15, 0.2) is 0 Å². The van der Waals surface area contributed by atoms with Crippen LogP contribution in [0.25, 0.3) is 11.4 Å². The van der Waals surface area contributed by atoms with Crippen LogP contribution in [-0.2, 0) is 23.9 Å². The van der Waals surface area contributed by atoms with Crippen molar-refractivity contribution >= 4 is 23.2 Å². The van der Waals surface area contributed by atoms with Gasteiger partial charge in [-0.15, -0.1) is 0 Å². The van der Waals surface area contributed by atoms with Crippen molar-refractivity contribution < 1.29 is 27.8 Å². The Morgan fingerprint density at radius 1 is 1.21 bits per heavy atom. The molecule has 0 saturated heterocycles. The number of halogens is 4. The zero-order chi connectivity index (χ0) is 25.0. The summed E-state index contributed by atoms with van der Waals surface area (Å²) >= 11 is 5.99. The molecule has 0 saturated carbocycles. The van der Waals surface area contributed by atoms with Gasteiger partial charge in [0, 0.05) is 34.9 Å². The fraction of sp³-hybridized carbons (Fsp3) is 0.261. The number of hydrogen-bond acceptors (Lipinski definition) is 5. The summed E-state index contributed by atoms with van der Waals surface area (Å²) in [6.45, 7) is 0.751. The van der Waals surface area contributed by atoms with Crippen LogP contribution in [0.2, 0.25) is 5.02 Å². The number of ether oxygens (including phenoxy) is 1. The first-order valence-electron chi connectivity index (χ1n) is 10.1. The summed E-state index contributed by atoms with van der Waals surface area (Å²) < 4.78 is 45.2. The number of aliphatic hydroxyl groups excluding tert-OH is 1. The summed E-state index contributed by atoms with van der Waals surface area (Å²) in [7, 11) is 1.41. The molecule has 1 heterocycles. The minimum atomic E-state index is -4.53. The van der Waals surface area contributed by atoms with E-state index in [0.29, 0.717) is 16.5 Å². The highest BCUT2D eigenvalue weighted by Gasteiger charge is 2.30. The van der Waals surface area contributed by atoms with Crippen molar-refractivity contribution in [3.8, 4) is 17.1 Å². The molecule has 0 aliphatic heterocycles. The Balaban J connectivity index is 2.04. The summed E-state index contributed by atoms with van der Waals surface area (Å²) in [6, 6.07) is 8.73. The molecular weight excluding hydrogens is 475 g/mol. The standard InChI is InChI=1S/C23H21ClF3N3O4/c1-13-17(9-10-31)22(33)30(12-20(32)29-18-11-16(24)7-8-19(18)34-2)21(28-13)14-3-5-15(6-4-14)23(25,26)27/h3-8,11,31H,9-10,12H2,1-2H3,(H,29,32). The first-order chi connectivity index (χ1) is 16.0. The molecule has 1 amide bonds. The molecule has 0 unspecified atom stereocenters. The number of anilines is 1. The van der Waals surface area contributed by atoms with E-state index in [1.165, 1.54) is 25.3 Å². The second-order valence-electron chi connectivity index (χ2n) is 7.33.